The SMILES string of the molecule is CCC(C)(CCBr)NC(=O)CCC1CCCCC1. The molecule has 1 N–H and O–H groups in total. The molecule has 0 saturated heterocycles. The molecule has 0 radical (unpaired) electrons. The van der Waals surface area contributed by atoms with Gasteiger partial charge in [-0.15, -0.1) is 0 Å². The van der Waals surface area contributed by atoms with Gasteiger partial charge in [0.1, 0.15) is 0 Å². The van der Waals surface area contributed by atoms with Gasteiger partial charge in [0.25, 0.3) is 0 Å². The molecule has 0 bridgehead atoms. The van der Waals surface area contributed by atoms with Gasteiger partial charge in [-0.3, -0.25) is 4.79 Å². The molecule has 1 fully saturated rings. The van der Waals surface area contributed by atoms with Crippen LogP contribution >= 0.6 is 15.9 Å². The van der Waals surface area contributed by atoms with Gasteiger partial charge < -0.3 is 5.32 Å². The molecule has 0 aromatic carbocycles. The van der Waals surface area contributed by atoms with Crippen LogP contribution in [0.5, 0.6) is 0 Å². The fraction of sp³-hybridized carbons (Fsp3) is 0.933. The molecule has 106 valence electrons. The summed E-state index contributed by atoms with van der Waals surface area (Å²) in [4.78, 5) is 12.0. The lowest BCUT2D eigenvalue weighted by atomic mass is 9.86. The van der Waals surface area contributed by atoms with Crippen molar-refractivity contribution in [1.29, 1.82) is 0 Å². The predicted octanol–water partition coefficient (Wildman–Crippen LogP) is 4.42. The Kier molecular flexibility index (Phi) is 7.28. The van der Waals surface area contributed by atoms with Crippen LogP contribution < -0.4 is 5.32 Å². The van der Waals surface area contributed by atoms with Crippen molar-refractivity contribution in [2.75, 3.05) is 5.33 Å². The first-order chi connectivity index (χ1) is 8.59. The van der Waals surface area contributed by atoms with E-state index in [1.807, 2.05) is 0 Å². The highest BCUT2D eigenvalue weighted by atomic mass is 79.9. The van der Waals surface area contributed by atoms with Gasteiger partial charge in [0.15, 0.2) is 0 Å². The zero-order valence-corrected chi connectivity index (χ0v) is 13.5. The van der Waals surface area contributed by atoms with Gasteiger partial charge in [-0.2, -0.15) is 0 Å². The van der Waals surface area contributed by atoms with Gasteiger partial charge in [0, 0.05) is 17.3 Å². The van der Waals surface area contributed by atoms with E-state index in [1.54, 1.807) is 0 Å². The number of rotatable bonds is 7. The number of carbonyl (C=O) groups is 1. The number of carbonyl (C=O) groups excluding carboxylic acids is 1. The fourth-order valence-electron chi connectivity index (χ4n) is 2.75. The Morgan fingerprint density at radius 3 is 2.56 bits per heavy atom. The summed E-state index contributed by atoms with van der Waals surface area (Å²) in [6, 6.07) is 0. The number of amides is 1. The van der Waals surface area contributed by atoms with Crippen molar-refractivity contribution in [2.45, 2.75) is 77.2 Å². The van der Waals surface area contributed by atoms with Crippen LogP contribution in [0.2, 0.25) is 0 Å². The molecular weight excluding hydrogens is 290 g/mol. The molecule has 3 heteroatoms. The maximum absolute atomic E-state index is 12.0. The van der Waals surface area contributed by atoms with E-state index in [0.717, 1.165) is 30.5 Å². The summed E-state index contributed by atoms with van der Waals surface area (Å²) >= 11 is 3.47. The third-order valence-electron chi connectivity index (χ3n) is 4.37. The number of hydrogen-bond donors (Lipinski definition) is 1. The van der Waals surface area contributed by atoms with Crippen molar-refractivity contribution in [3.63, 3.8) is 0 Å². The largest absolute Gasteiger partial charge is 0.351 e. The molecule has 0 heterocycles. The monoisotopic (exact) mass is 317 g/mol. The van der Waals surface area contributed by atoms with Crippen molar-refractivity contribution >= 4 is 21.8 Å². The second kappa shape index (κ2) is 8.19. The number of nitrogens with one attached hydrogen (secondary N) is 1. The van der Waals surface area contributed by atoms with Gasteiger partial charge >= 0.3 is 0 Å². The molecule has 1 rings (SSSR count). The smallest absolute Gasteiger partial charge is 0.220 e. The van der Waals surface area contributed by atoms with Crippen molar-refractivity contribution in [3.8, 4) is 0 Å². The fourth-order valence-corrected chi connectivity index (χ4v) is 3.62. The van der Waals surface area contributed by atoms with Gasteiger partial charge in [0.2, 0.25) is 5.91 Å². The van der Waals surface area contributed by atoms with E-state index in [4.69, 9.17) is 0 Å². The van der Waals surface area contributed by atoms with Gasteiger partial charge in [0.05, 0.1) is 0 Å². The van der Waals surface area contributed by atoms with Gasteiger partial charge in [-0.1, -0.05) is 55.0 Å². The molecule has 18 heavy (non-hydrogen) atoms. The zero-order chi connectivity index (χ0) is 13.4. The van der Waals surface area contributed by atoms with Crippen LogP contribution in [0.3, 0.4) is 0 Å². The Hall–Kier alpha value is -0.0500. The van der Waals surface area contributed by atoms with Crippen LogP contribution in [0.15, 0.2) is 0 Å². The molecule has 1 unspecified atom stereocenters. The van der Waals surface area contributed by atoms with Crippen LogP contribution in [0, 0.1) is 5.92 Å². The Bertz CT molecular complexity index is 251. The lowest BCUT2D eigenvalue weighted by Gasteiger charge is -2.29. The molecule has 1 aliphatic carbocycles. The molecule has 0 aromatic rings. The summed E-state index contributed by atoms with van der Waals surface area (Å²) < 4.78 is 0. The maximum atomic E-state index is 12.0. The van der Waals surface area contributed by atoms with E-state index in [2.05, 4.69) is 35.1 Å². The lowest BCUT2D eigenvalue weighted by molar-refractivity contribution is -0.123. The minimum absolute atomic E-state index is 0.0346. The topological polar surface area (TPSA) is 29.1 Å². The van der Waals surface area contributed by atoms with Crippen molar-refractivity contribution in [1.82, 2.24) is 5.32 Å². The normalized spacial score (nSPS) is 20.4. The predicted molar refractivity (Wildman–Crippen MR) is 81.1 cm³/mol. The standard InChI is InChI=1S/C15H28BrNO/c1-3-15(2,11-12-16)17-14(18)10-9-13-7-5-4-6-8-13/h13H,3-12H2,1-2H3,(H,17,18). The molecular formula is C15H28BrNO. The first kappa shape index (κ1) is 16.0. The van der Waals surface area contributed by atoms with Gasteiger partial charge in [-0.25, -0.2) is 0 Å². The van der Waals surface area contributed by atoms with Crippen LogP contribution in [0.1, 0.15) is 71.6 Å². The molecule has 1 aliphatic rings. The summed E-state index contributed by atoms with van der Waals surface area (Å²) in [5.41, 5.74) is -0.0346. The maximum Gasteiger partial charge on any atom is 0.220 e. The second-order valence-electron chi connectivity index (χ2n) is 5.94. The van der Waals surface area contributed by atoms with Crippen LogP contribution in [-0.2, 0) is 4.79 Å². The van der Waals surface area contributed by atoms with Crippen molar-refractivity contribution < 1.29 is 4.79 Å². The number of alkyl halides is 1. The number of halogens is 1. The first-order valence-electron chi connectivity index (χ1n) is 7.46. The second-order valence-corrected chi connectivity index (χ2v) is 6.74. The average Bonchev–Trinajstić information content (AvgIpc) is 2.38. The molecule has 1 saturated carbocycles. The molecule has 1 atom stereocenters. The molecule has 2 nitrogen and oxygen atoms in total. The summed E-state index contributed by atoms with van der Waals surface area (Å²) in [7, 11) is 0. The van der Waals surface area contributed by atoms with E-state index >= 15 is 0 Å². The lowest BCUT2D eigenvalue weighted by Crippen LogP contribution is -2.45. The third kappa shape index (κ3) is 5.73. The van der Waals surface area contributed by atoms with E-state index in [-0.39, 0.29) is 11.4 Å². The highest BCUT2D eigenvalue weighted by Gasteiger charge is 2.23. The molecule has 0 aromatic heterocycles. The molecule has 0 spiro atoms. The Morgan fingerprint density at radius 1 is 1.33 bits per heavy atom. The highest BCUT2D eigenvalue weighted by Crippen LogP contribution is 2.27. The molecule has 0 aliphatic heterocycles. The van der Waals surface area contributed by atoms with E-state index in [9.17, 15) is 4.79 Å². The van der Waals surface area contributed by atoms with Gasteiger partial charge in [-0.05, 0) is 32.1 Å². The van der Waals surface area contributed by atoms with Crippen molar-refractivity contribution in [3.05, 3.63) is 0 Å². The van der Waals surface area contributed by atoms with E-state index < -0.39 is 0 Å². The van der Waals surface area contributed by atoms with Crippen LogP contribution in [0.4, 0.5) is 0 Å². The van der Waals surface area contributed by atoms with Crippen LogP contribution in [0.25, 0.3) is 0 Å². The van der Waals surface area contributed by atoms with E-state index in [0.29, 0.717) is 6.42 Å². The average molecular weight is 318 g/mol. The summed E-state index contributed by atoms with van der Waals surface area (Å²) in [5, 5.41) is 4.16. The minimum atomic E-state index is -0.0346. The third-order valence-corrected chi connectivity index (χ3v) is 4.77. The summed E-state index contributed by atoms with van der Waals surface area (Å²) in [6.07, 6.45) is 10.6. The summed E-state index contributed by atoms with van der Waals surface area (Å²) in [5.74, 6) is 1.04. The zero-order valence-electron chi connectivity index (χ0n) is 11.9. The quantitative estimate of drug-likeness (QED) is 0.692. The first-order valence-corrected chi connectivity index (χ1v) is 8.59. The minimum Gasteiger partial charge on any atom is -0.351 e. The van der Waals surface area contributed by atoms with Crippen molar-refractivity contribution in [2.24, 2.45) is 5.92 Å². The van der Waals surface area contributed by atoms with E-state index in [1.165, 1.54) is 32.1 Å². The molecule has 1 amide bonds. The van der Waals surface area contributed by atoms with Crippen LogP contribution in [-0.4, -0.2) is 16.8 Å². The highest BCUT2D eigenvalue weighted by molar-refractivity contribution is 9.09. The Morgan fingerprint density at radius 2 is 2.00 bits per heavy atom. The Labute approximate surface area is 120 Å². The number of hydrogen-bond acceptors (Lipinski definition) is 1. The Balaban J connectivity index is 2.27. The summed E-state index contributed by atoms with van der Waals surface area (Å²) in [6.45, 7) is 4.29.